The summed E-state index contributed by atoms with van der Waals surface area (Å²) in [6.45, 7) is 10.3. The van der Waals surface area contributed by atoms with Gasteiger partial charge in [0.15, 0.2) is 0 Å². The molecule has 0 saturated heterocycles. The van der Waals surface area contributed by atoms with Crippen molar-refractivity contribution >= 4 is 31.0 Å². The third kappa shape index (κ3) is 7.37. The molecule has 154 valence electrons. The van der Waals surface area contributed by atoms with Crippen molar-refractivity contribution in [3.8, 4) is 0 Å². The lowest BCUT2D eigenvalue weighted by Crippen LogP contribution is -2.22. The van der Waals surface area contributed by atoms with Crippen LogP contribution < -0.4 is 0 Å². The largest absolute Gasteiger partial charge is 0.478 e. The van der Waals surface area contributed by atoms with E-state index in [4.69, 9.17) is 4.74 Å². The van der Waals surface area contributed by atoms with Gasteiger partial charge in [-0.1, -0.05) is 33.0 Å². The first-order chi connectivity index (χ1) is 13.3. The molecule has 0 fully saturated rings. The average molecular weight is 421 g/mol. The molecule has 28 heavy (non-hydrogen) atoms. The number of nitrogens with zero attached hydrogens (tertiary/aromatic N) is 2. The number of allylic oxidation sites excluding steroid dienone is 1. The summed E-state index contributed by atoms with van der Waals surface area (Å²) in [5.74, 6) is 0.0270. The Labute approximate surface area is 173 Å². The number of aliphatic carboxylic acids is 1. The second-order valence-corrected chi connectivity index (χ2v) is 14.7. The highest BCUT2D eigenvalue weighted by Gasteiger charge is 2.17. The number of ether oxygens (including phenoxy) is 1. The van der Waals surface area contributed by atoms with E-state index in [2.05, 4.69) is 41.5 Å². The number of aryl methyl sites for hydroxylation is 1. The Morgan fingerprint density at radius 3 is 2.79 bits per heavy atom. The van der Waals surface area contributed by atoms with Crippen molar-refractivity contribution in [2.24, 2.45) is 0 Å². The maximum absolute atomic E-state index is 11.4. The molecule has 1 N–H and O–H groups in total. The number of unbranched alkanes of at least 4 members (excludes halogenated alkanes) is 1. The third-order valence-electron chi connectivity index (χ3n) is 4.51. The summed E-state index contributed by atoms with van der Waals surface area (Å²) in [5.41, 5.74) is 2.71. The van der Waals surface area contributed by atoms with E-state index in [9.17, 15) is 9.90 Å². The van der Waals surface area contributed by atoms with Gasteiger partial charge in [0, 0.05) is 33.6 Å². The van der Waals surface area contributed by atoms with Crippen LogP contribution in [0.3, 0.4) is 0 Å². The number of hydrogen-bond donors (Lipinski definition) is 1. The first kappa shape index (κ1) is 22.6. The lowest BCUT2D eigenvalue weighted by atomic mass is 10.0. The molecule has 0 radical (unpaired) electrons. The Hall–Kier alpha value is -1.70. The van der Waals surface area contributed by atoms with Crippen molar-refractivity contribution in [1.29, 1.82) is 0 Å². The van der Waals surface area contributed by atoms with E-state index < -0.39 is 14.0 Å². The van der Waals surface area contributed by atoms with Crippen LogP contribution in [-0.2, 0) is 29.1 Å². The molecular weight excluding hydrogens is 388 g/mol. The third-order valence-corrected chi connectivity index (χ3v) is 6.95. The summed E-state index contributed by atoms with van der Waals surface area (Å²) < 4.78 is 8.05. The molecule has 0 aliphatic rings. The number of carboxylic acids is 1. The molecule has 0 amide bonds. The minimum absolute atomic E-state index is 0.416. The molecule has 7 heteroatoms. The quantitative estimate of drug-likeness (QED) is 0.287. The number of hydrogen-bond acceptors (Lipinski definition) is 4. The van der Waals surface area contributed by atoms with Gasteiger partial charge in [0.05, 0.1) is 11.9 Å². The standard InChI is InChI=1S/C21H32N2O3SSi/c1-5-6-7-20-22-14-19(23(20)16-26-9-11-28(2,3)4)18(13-21(24)25)12-17-8-10-27-15-17/h8,10,13-15H,5-7,9,11-12,16H2,1-4H3,(H,24,25)/b18-13-. The van der Waals surface area contributed by atoms with Gasteiger partial charge < -0.3 is 14.4 Å². The van der Waals surface area contributed by atoms with Gasteiger partial charge in [-0.2, -0.15) is 11.3 Å². The van der Waals surface area contributed by atoms with E-state index in [0.717, 1.165) is 54.6 Å². The van der Waals surface area contributed by atoms with Crippen LogP contribution >= 0.6 is 11.3 Å². The second-order valence-electron chi connectivity index (χ2n) is 8.26. The maximum Gasteiger partial charge on any atom is 0.328 e. The first-order valence-corrected chi connectivity index (χ1v) is 14.5. The van der Waals surface area contributed by atoms with Crippen molar-refractivity contribution in [3.63, 3.8) is 0 Å². The highest BCUT2D eigenvalue weighted by molar-refractivity contribution is 7.07. The molecule has 2 aromatic heterocycles. The SMILES string of the molecule is CCCCc1ncc(/C(=C\C(=O)O)Cc2ccsc2)n1COCC[Si](C)(C)C. The molecular formula is C21H32N2O3SSi. The van der Waals surface area contributed by atoms with E-state index in [-0.39, 0.29) is 0 Å². The highest BCUT2D eigenvalue weighted by Crippen LogP contribution is 2.23. The van der Waals surface area contributed by atoms with Crippen LogP contribution in [0.15, 0.2) is 29.1 Å². The Morgan fingerprint density at radius 2 is 2.18 bits per heavy atom. The lowest BCUT2D eigenvalue weighted by molar-refractivity contribution is -0.131. The van der Waals surface area contributed by atoms with Crippen LogP contribution in [0, 0.1) is 0 Å². The van der Waals surface area contributed by atoms with E-state index in [1.165, 1.54) is 6.08 Å². The first-order valence-electron chi connectivity index (χ1n) is 9.87. The maximum atomic E-state index is 11.4. The summed E-state index contributed by atoms with van der Waals surface area (Å²) in [4.78, 5) is 16.0. The highest BCUT2D eigenvalue weighted by atomic mass is 32.1. The van der Waals surface area contributed by atoms with Crippen LogP contribution in [0.4, 0.5) is 0 Å². The van der Waals surface area contributed by atoms with Gasteiger partial charge in [-0.25, -0.2) is 9.78 Å². The second kappa shape index (κ2) is 10.7. The van der Waals surface area contributed by atoms with Crippen LogP contribution in [0.5, 0.6) is 0 Å². The topological polar surface area (TPSA) is 64.3 Å². The van der Waals surface area contributed by atoms with Crippen molar-refractivity contribution in [1.82, 2.24) is 9.55 Å². The minimum Gasteiger partial charge on any atom is -0.478 e. The Kier molecular flexibility index (Phi) is 8.66. The average Bonchev–Trinajstić information content (AvgIpc) is 3.24. The predicted molar refractivity (Wildman–Crippen MR) is 119 cm³/mol. The molecule has 0 aromatic carbocycles. The van der Waals surface area contributed by atoms with Crippen molar-refractivity contribution < 1.29 is 14.6 Å². The Balaban J connectivity index is 2.26. The summed E-state index contributed by atoms with van der Waals surface area (Å²) in [5, 5.41) is 13.5. The van der Waals surface area contributed by atoms with E-state index in [0.29, 0.717) is 13.2 Å². The molecule has 2 rings (SSSR count). The van der Waals surface area contributed by atoms with Gasteiger partial charge in [-0.15, -0.1) is 0 Å². The van der Waals surface area contributed by atoms with Crippen LogP contribution in [-0.4, -0.2) is 35.3 Å². The van der Waals surface area contributed by atoms with Crippen molar-refractivity contribution in [2.45, 2.75) is 65.0 Å². The molecule has 0 atom stereocenters. The lowest BCUT2D eigenvalue weighted by Gasteiger charge is -2.18. The molecule has 0 bridgehead atoms. The molecule has 0 aliphatic carbocycles. The fourth-order valence-corrected chi connectivity index (χ4v) is 4.29. The minimum atomic E-state index is -1.15. The van der Waals surface area contributed by atoms with E-state index >= 15 is 0 Å². The van der Waals surface area contributed by atoms with Crippen molar-refractivity contribution in [3.05, 3.63) is 46.2 Å². The van der Waals surface area contributed by atoms with E-state index in [1.807, 2.05) is 11.4 Å². The van der Waals surface area contributed by atoms with Crippen LogP contribution in [0.2, 0.25) is 25.7 Å². The molecule has 0 spiro atoms. The molecule has 5 nitrogen and oxygen atoms in total. The fraction of sp³-hybridized carbons (Fsp3) is 0.524. The van der Waals surface area contributed by atoms with Crippen LogP contribution in [0.1, 0.15) is 36.8 Å². The van der Waals surface area contributed by atoms with Gasteiger partial charge in [0.2, 0.25) is 0 Å². The molecule has 2 aromatic rings. The monoisotopic (exact) mass is 420 g/mol. The van der Waals surface area contributed by atoms with Gasteiger partial charge >= 0.3 is 5.97 Å². The molecule has 2 heterocycles. The number of rotatable bonds is 12. The van der Waals surface area contributed by atoms with Gasteiger partial charge in [-0.05, 0) is 40.4 Å². The summed E-state index contributed by atoms with van der Waals surface area (Å²) >= 11 is 1.62. The van der Waals surface area contributed by atoms with E-state index in [1.54, 1.807) is 17.5 Å². The summed E-state index contributed by atoms with van der Waals surface area (Å²) in [7, 11) is -1.15. The molecule has 0 unspecified atom stereocenters. The van der Waals surface area contributed by atoms with Gasteiger partial charge in [-0.3, -0.25) is 0 Å². The summed E-state index contributed by atoms with van der Waals surface area (Å²) in [6.07, 6.45) is 6.68. The van der Waals surface area contributed by atoms with Crippen molar-refractivity contribution in [2.75, 3.05) is 6.61 Å². The number of carboxylic acid groups (broad SMARTS) is 1. The Morgan fingerprint density at radius 1 is 1.39 bits per heavy atom. The number of thiophene rings is 1. The predicted octanol–water partition coefficient (Wildman–Crippen LogP) is 5.31. The number of aromatic nitrogens is 2. The fourth-order valence-electron chi connectivity index (χ4n) is 2.86. The smallest absolute Gasteiger partial charge is 0.328 e. The zero-order chi connectivity index (χ0) is 20.6. The molecule has 0 aliphatic heterocycles. The van der Waals surface area contributed by atoms with Crippen LogP contribution in [0.25, 0.3) is 5.57 Å². The Bertz CT molecular complexity index is 776. The zero-order valence-electron chi connectivity index (χ0n) is 17.4. The number of carbonyl (C=O) groups is 1. The number of imidazole rings is 1. The normalized spacial score (nSPS) is 12.5. The summed E-state index contributed by atoms with van der Waals surface area (Å²) in [6, 6.07) is 3.14. The molecule has 0 saturated carbocycles. The van der Waals surface area contributed by atoms with Gasteiger partial charge in [0.1, 0.15) is 12.6 Å². The van der Waals surface area contributed by atoms with Gasteiger partial charge in [0.25, 0.3) is 0 Å². The zero-order valence-corrected chi connectivity index (χ0v) is 19.2.